The van der Waals surface area contributed by atoms with E-state index in [1.165, 1.54) is 10.8 Å². The van der Waals surface area contributed by atoms with E-state index in [1.807, 2.05) is 6.07 Å². The van der Waals surface area contributed by atoms with Crippen LogP contribution < -0.4 is 10.9 Å². The predicted octanol–water partition coefficient (Wildman–Crippen LogP) is 5.11. The minimum absolute atomic E-state index is 0.184. The number of rotatable bonds is 6. The highest BCUT2D eigenvalue weighted by atomic mass is 35.5. The fourth-order valence-electron chi connectivity index (χ4n) is 3.87. The number of ether oxygens (including phenoxy) is 1. The molecule has 1 N–H and O–H groups in total. The Morgan fingerprint density at radius 1 is 1.08 bits per heavy atom. The van der Waals surface area contributed by atoms with Crippen molar-refractivity contribution in [2.24, 2.45) is 0 Å². The summed E-state index contributed by atoms with van der Waals surface area (Å²) in [5.41, 5.74) is 1.46. The summed E-state index contributed by atoms with van der Waals surface area (Å²) >= 11 is 6.39. The number of nitrogens with one attached hydrogen (secondary N) is 1. The number of fused-ring (bicyclic) bond motifs is 1. The lowest BCUT2D eigenvalue weighted by atomic mass is 10.1. The van der Waals surface area contributed by atoms with E-state index in [2.05, 4.69) is 15.3 Å². The molecule has 0 bridgehead atoms. The fourth-order valence-corrected chi connectivity index (χ4v) is 4.60. The summed E-state index contributed by atoms with van der Waals surface area (Å²) in [5, 5.41) is 3.24. The molecule has 0 saturated heterocycles. The zero-order chi connectivity index (χ0) is 27.7. The molecule has 198 valence electrons. The third-order valence-electron chi connectivity index (χ3n) is 5.50. The molecule has 1 amide bonds. The lowest BCUT2D eigenvalue weighted by molar-refractivity contribution is 0.0636. The van der Waals surface area contributed by atoms with Crippen LogP contribution in [0.1, 0.15) is 26.3 Å². The van der Waals surface area contributed by atoms with Gasteiger partial charge in [0.25, 0.3) is 5.56 Å². The van der Waals surface area contributed by atoms with E-state index in [1.54, 1.807) is 69.3 Å². The molecule has 2 aromatic carbocycles. The van der Waals surface area contributed by atoms with Crippen LogP contribution in [0.2, 0.25) is 5.02 Å². The normalized spacial score (nSPS) is 11.9. The zero-order valence-corrected chi connectivity index (χ0v) is 22.9. The number of hydrogen-bond acceptors (Lipinski definition) is 7. The average Bonchev–Trinajstić information content (AvgIpc) is 2.82. The third-order valence-corrected chi connectivity index (χ3v) is 6.69. The Labute approximate surface area is 225 Å². The van der Waals surface area contributed by atoms with Gasteiger partial charge in [0.1, 0.15) is 11.2 Å². The molecular formula is C27H27ClN4O5S. The zero-order valence-electron chi connectivity index (χ0n) is 21.4. The van der Waals surface area contributed by atoms with Crippen molar-refractivity contribution in [3.63, 3.8) is 0 Å². The number of aryl methyl sites for hydroxylation is 2. The summed E-state index contributed by atoms with van der Waals surface area (Å²) < 4.78 is 31.0. The van der Waals surface area contributed by atoms with Crippen LogP contribution in [0.25, 0.3) is 22.2 Å². The fraction of sp³-hybridized carbons (Fsp3) is 0.259. The Hall–Kier alpha value is -3.76. The van der Waals surface area contributed by atoms with Crippen molar-refractivity contribution >= 4 is 44.3 Å². The minimum atomic E-state index is -3.70. The lowest BCUT2D eigenvalue weighted by Gasteiger charge is -2.19. The van der Waals surface area contributed by atoms with E-state index in [9.17, 15) is 18.0 Å². The number of hydrogen-bond donors (Lipinski definition) is 1. The summed E-state index contributed by atoms with van der Waals surface area (Å²) in [7, 11) is -3.70. The second kappa shape index (κ2) is 10.5. The monoisotopic (exact) mass is 554 g/mol. The molecule has 0 aliphatic rings. The maximum absolute atomic E-state index is 13.7. The number of nitrogens with zero attached hydrogens (tertiary/aromatic N) is 3. The van der Waals surface area contributed by atoms with Crippen LogP contribution in [-0.2, 0) is 27.5 Å². The molecule has 0 aliphatic carbocycles. The Morgan fingerprint density at radius 3 is 2.50 bits per heavy atom. The van der Waals surface area contributed by atoms with Crippen molar-refractivity contribution in [2.75, 3.05) is 11.6 Å². The van der Waals surface area contributed by atoms with Gasteiger partial charge in [-0.15, -0.1) is 0 Å². The highest BCUT2D eigenvalue weighted by Gasteiger charge is 2.19. The van der Waals surface area contributed by atoms with Crippen LogP contribution in [-0.4, -0.2) is 40.9 Å². The quantitative estimate of drug-likeness (QED) is 0.329. The molecule has 0 fully saturated rings. The topological polar surface area (TPSA) is 120 Å². The van der Waals surface area contributed by atoms with Crippen molar-refractivity contribution in [1.82, 2.24) is 14.5 Å². The van der Waals surface area contributed by atoms with Crippen LogP contribution in [0.15, 0.2) is 70.7 Å². The molecule has 0 unspecified atom stereocenters. The van der Waals surface area contributed by atoms with E-state index >= 15 is 0 Å². The number of amides is 1. The summed E-state index contributed by atoms with van der Waals surface area (Å²) in [6, 6.07) is 15.8. The number of pyridine rings is 1. The van der Waals surface area contributed by atoms with Gasteiger partial charge in [-0.05, 0) is 57.0 Å². The number of carbonyl (C=O) groups excluding carboxylic acids is 1. The smallest absolute Gasteiger partial charge is 0.412 e. The maximum Gasteiger partial charge on any atom is 0.412 e. The van der Waals surface area contributed by atoms with Crippen LogP contribution in [0.3, 0.4) is 0 Å². The van der Waals surface area contributed by atoms with Gasteiger partial charge in [-0.2, -0.15) is 4.98 Å². The van der Waals surface area contributed by atoms with Crippen LogP contribution in [0, 0.1) is 0 Å². The summed E-state index contributed by atoms with van der Waals surface area (Å²) in [4.78, 5) is 34.1. The second-order valence-corrected chi connectivity index (χ2v) is 12.1. The van der Waals surface area contributed by atoms with Gasteiger partial charge in [0.15, 0.2) is 0 Å². The van der Waals surface area contributed by atoms with Crippen LogP contribution >= 0.6 is 11.6 Å². The van der Waals surface area contributed by atoms with Gasteiger partial charge in [0.2, 0.25) is 15.0 Å². The molecule has 0 radical (unpaired) electrons. The number of aromatic nitrogens is 3. The molecule has 4 rings (SSSR count). The Balaban J connectivity index is 1.74. The van der Waals surface area contributed by atoms with E-state index in [0.29, 0.717) is 33.6 Å². The van der Waals surface area contributed by atoms with Crippen LogP contribution in [0.4, 0.5) is 10.5 Å². The molecule has 0 atom stereocenters. The first kappa shape index (κ1) is 27.3. The summed E-state index contributed by atoms with van der Waals surface area (Å²) in [6.45, 7) is 5.52. The summed E-state index contributed by atoms with van der Waals surface area (Å²) in [6.07, 6.45) is 2.22. The van der Waals surface area contributed by atoms with E-state index < -0.39 is 21.5 Å². The standard InChI is InChI=1S/C27H27ClN4O5S/c1-27(2,3)37-26(34)30-19-9-7-8-17(14-19)12-13-32-23-18(16-29-25(31-23)38(4,35)36)15-21(24(32)33)20-10-5-6-11-22(20)28/h5-11,14-16H,12-13H2,1-4H3,(H,30,34). The Kier molecular flexibility index (Phi) is 7.57. The number of benzene rings is 2. The maximum atomic E-state index is 13.7. The first-order chi connectivity index (χ1) is 17.8. The van der Waals surface area contributed by atoms with E-state index in [0.717, 1.165) is 11.8 Å². The molecule has 2 heterocycles. The molecule has 11 heteroatoms. The van der Waals surface area contributed by atoms with Crippen molar-refractivity contribution in [2.45, 2.75) is 44.5 Å². The van der Waals surface area contributed by atoms with E-state index in [4.69, 9.17) is 16.3 Å². The summed E-state index contributed by atoms with van der Waals surface area (Å²) in [5.74, 6) is 0. The van der Waals surface area contributed by atoms with Crippen LogP contribution in [0.5, 0.6) is 0 Å². The van der Waals surface area contributed by atoms with Crippen molar-refractivity contribution in [3.8, 4) is 11.1 Å². The first-order valence-electron chi connectivity index (χ1n) is 11.8. The van der Waals surface area contributed by atoms with Gasteiger partial charge in [-0.3, -0.25) is 14.7 Å². The van der Waals surface area contributed by atoms with Crippen molar-refractivity contribution < 1.29 is 17.9 Å². The highest BCUT2D eigenvalue weighted by Crippen LogP contribution is 2.27. The highest BCUT2D eigenvalue weighted by molar-refractivity contribution is 7.90. The minimum Gasteiger partial charge on any atom is -0.444 e. The third kappa shape index (κ3) is 6.38. The molecule has 0 saturated carbocycles. The van der Waals surface area contributed by atoms with Gasteiger partial charge in [0.05, 0.1) is 0 Å². The van der Waals surface area contributed by atoms with Gasteiger partial charge in [0, 0.05) is 46.2 Å². The molecule has 38 heavy (non-hydrogen) atoms. The Bertz CT molecular complexity index is 1690. The molecule has 2 aromatic heterocycles. The first-order valence-corrected chi connectivity index (χ1v) is 14.0. The lowest BCUT2D eigenvalue weighted by Crippen LogP contribution is -2.27. The number of halogens is 1. The van der Waals surface area contributed by atoms with Crippen molar-refractivity contribution in [3.05, 3.63) is 81.7 Å². The van der Waals surface area contributed by atoms with Gasteiger partial charge in [-0.1, -0.05) is 41.9 Å². The largest absolute Gasteiger partial charge is 0.444 e. The van der Waals surface area contributed by atoms with Gasteiger partial charge >= 0.3 is 6.09 Å². The van der Waals surface area contributed by atoms with Gasteiger partial charge in [-0.25, -0.2) is 18.2 Å². The second-order valence-electron chi connectivity index (χ2n) is 9.78. The number of sulfone groups is 1. The molecule has 9 nitrogen and oxygen atoms in total. The Morgan fingerprint density at radius 2 is 1.82 bits per heavy atom. The molecule has 4 aromatic rings. The van der Waals surface area contributed by atoms with E-state index in [-0.39, 0.29) is 22.9 Å². The SMILES string of the molecule is CC(C)(C)OC(=O)Nc1cccc(CCn2c(=O)c(-c3ccccc3Cl)cc3cnc(S(C)(=O)=O)nc32)c1. The number of carbonyl (C=O) groups is 1. The molecule has 0 aliphatic heterocycles. The molecule has 0 spiro atoms. The van der Waals surface area contributed by atoms with Crippen molar-refractivity contribution in [1.29, 1.82) is 0 Å². The number of anilines is 1. The predicted molar refractivity (Wildman–Crippen MR) is 147 cm³/mol. The molecular weight excluding hydrogens is 528 g/mol. The average molecular weight is 555 g/mol. The van der Waals surface area contributed by atoms with Gasteiger partial charge < -0.3 is 4.74 Å².